The maximum Gasteiger partial charge on any atom is 0.251 e. The number of benzene rings is 2. The van der Waals surface area contributed by atoms with Crippen LogP contribution in [0.4, 0.5) is 15.8 Å². The summed E-state index contributed by atoms with van der Waals surface area (Å²) >= 11 is 0. The molecule has 0 aromatic heterocycles. The summed E-state index contributed by atoms with van der Waals surface area (Å²) in [6.45, 7) is 0.502. The van der Waals surface area contributed by atoms with Crippen LogP contribution < -0.4 is 16.4 Å². The average Bonchev–Trinajstić information content (AvgIpc) is 2.47. The molecule has 4 nitrogen and oxygen atoms in total. The van der Waals surface area contributed by atoms with E-state index in [1.165, 1.54) is 12.1 Å². The lowest BCUT2D eigenvalue weighted by Gasteiger charge is -2.11. The van der Waals surface area contributed by atoms with Crippen molar-refractivity contribution in [2.75, 3.05) is 18.1 Å². The van der Waals surface area contributed by atoms with Gasteiger partial charge in [0.2, 0.25) is 0 Å². The Bertz CT molecular complexity index is 611. The molecule has 0 aliphatic rings. The quantitative estimate of drug-likeness (QED) is 0.749. The minimum atomic E-state index is -0.269. The van der Waals surface area contributed by atoms with Gasteiger partial charge in [0.1, 0.15) is 5.82 Å². The van der Waals surface area contributed by atoms with Gasteiger partial charge in [-0.15, -0.1) is 0 Å². The summed E-state index contributed by atoms with van der Waals surface area (Å²) in [6.07, 6.45) is 0. The van der Waals surface area contributed by atoms with E-state index >= 15 is 0 Å². The first kappa shape index (κ1) is 13.9. The number of nitrogens with two attached hydrogens (primary N) is 1. The van der Waals surface area contributed by atoms with Gasteiger partial charge >= 0.3 is 0 Å². The monoisotopic (exact) mass is 273 g/mol. The molecule has 2 aromatic rings. The van der Waals surface area contributed by atoms with Crippen LogP contribution in [0.3, 0.4) is 0 Å². The van der Waals surface area contributed by atoms with Crippen LogP contribution >= 0.6 is 0 Å². The number of anilines is 2. The molecule has 0 spiro atoms. The molecule has 0 saturated heterocycles. The smallest absolute Gasteiger partial charge is 0.251 e. The fourth-order valence-electron chi connectivity index (χ4n) is 1.79. The molecule has 0 aliphatic carbocycles. The van der Waals surface area contributed by atoms with E-state index in [2.05, 4.69) is 10.6 Å². The molecule has 1 amide bonds. The third-order valence-corrected chi connectivity index (χ3v) is 2.94. The largest absolute Gasteiger partial charge is 0.397 e. The Kier molecular flexibility index (Phi) is 4.20. The maximum absolute atomic E-state index is 12.8. The van der Waals surface area contributed by atoms with Crippen LogP contribution in [0.25, 0.3) is 0 Å². The van der Waals surface area contributed by atoms with Crippen molar-refractivity contribution in [3.05, 3.63) is 59.4 Å². The molecule has 0 fully saturated rings. The first-order valence-electron chi connectivity index (χ1n) is 6.20. The molecule has 4 N–H and O–H groups in total. The zero-order chi connectivity index (χ0) is 14.5. The molecular weight excluding hydrogens is 257 g/mol. The Morgan fingerprint density at radius 3 is 2.55 bits per heavy atom. The van der Waals surface area contributed by atoms with Gasteiger partial charge in [0.05, 0.1) is 11.4 Å². The summed E-state index contributed by atoms with van der Waals surface area (Å²) in [6, 6.07) is 11.2. The zero-order valence-corrected chi connectivity index (χ0v) is 11.1. The fourth-order valence-corrected chi connectivity index (χ4v) is 1.79. The standard InChI is InChI=1S/C15H16FN3O/c1-18-15(20)11-4-7-13(17)14(8-11)19-9-10-2-5-12(16)6-3-10/h2-8,19H,9,17H2,1H3,(H,18,20). The molecule has 20 heavy (non-hydrogen) atoms. The number of nitrogen functional groups attached to an aromatic ring is 1. The van der Waals surface area contributed by atoms with Crippen molar-refractivity contribution in [2.45, 2.75) is 6.54 Å². The number of hydrogen-bond donors (Lipinski definition) is 3. The van der Waals surface area contributed by atoms with Gasteiger partial charge in [-0.1, -0.05) is 12.1 Å². The summed E-state index contributed by atoms with van der Waals surface area (Å²) in [4.78, 5) is 11.6. The van der Waals surface area contributed by atoms with Crippen LogP contribution in [0, 0.1) is 5.82 Å². The van der Waals surface area contributed by atoms with Crippen LogP contribution in [0.5, 0.6) is 0 Å². The SMILES string of the molecule is CNC(=O)c1ccc(N)c(NCc2ccc(F)cc2)c1. The molecule has 0 unspecified atom stereocenters. The van der Waals surface area contributed by atoms with Gasteiger partial charge in [-0.25, -0.2) is 4.39 Å². The van der Waals surface area contributed by atoms with Gasteiger partial charge in [-0.3, -0.25) is 4.79 Å². The lowest BCUT2D eigenvalue weighted by atomic mass is 10.1. The summed E-state index contributed by atoms with van der Waals surface area (Å²) in [5.41, 5.74) is 8.55. The molecule has 0 bridgehead atoms. The van der Waals surface area contributed by atoms with E-state index in [4.69, 9.17) is 5.73 Å². The lowest BCUT2D eigenvalue weighted by molar-refractivity contribution is 0.0963. The highest BCUT2D eigenvalue weighted by Crippen LogP contribution is 2.21. The van der Waals surface area contributed by atoms with Gasteiger partial charge in [-0.05, 0) is 35.9 Å². The predicted octanol–water partition coefficient (Wildman–Crippen LogP) is 2.38. The van der Waals surface area contributed by atoms with Crippen molar-refractivity contribution in [1.82, 2.24) is 5.32 Å². The average molecular weight is 273 g/mol. The molecule has 0 heterocycles. The second kappa shape index (κ2) is 6.06. The van der Waals surface area contributed by atoms with E-state index in [0.29, 0.717) is 23.5 Å². The van der Waals surface area contributed by atoms with Gasteiger partial charge in [0.15, 0.2) is 0 Å². The van der Waals surface area contributed by atoms with Gasteiger partial charge in [-0.2, -0.15) is 0 Å². The van der Waals surface area contributed by atoms with E-state index in [1.54, 1.807) is 37.4 Å². The van der Waals surface area contributed by atoms with Crippen LogP contribution in [0.15, 0.2) is 42.5 Å². The molecule has 0 atom stereocenters. The number of nitrogens with one attached hydrogen (secondary N) is 2. The van der Waals surface area contributed by atoms with Crippen molar-refractivity contribution in [3.63, 3.8) is 0 Å². The van der Waals surface area contributed by atoms with Crippen LogP contribution in [0.1, 0.15) is 15.9 Å². The second-order valence-electron chi connectivity index (χ2n) is 4.36. The van der Waals surface area contributed by atoms with E-state index in [0.717, 1.165) is 5.56 Å². The molecular formula is C15H16FN3O. The Labute approximate surface area is 116 Å². The highest BCUT2D eigenvalue weighted by Gasteiger charge is 2.06. The van der Waals surface area contributed by atoms with Crippen molar-refractivity contribution < 1.29 is 9.18 Å². The third kappa shape index (κ3) is 3.26. The van der Waals surface area contributed by atoms with Crippen LogP contribution in [-0.2, 0) is 6.54 Å². The molecule has 2 aromatic carbocycles. The molecule has 0 saturated carbocycles. The summed E-state index contributed by atoms with van der Waals surface area (Å²) in [5, 5.41) is 5.70. The maximum atomic E-state index is 12.8. The van der Waals surface area contributed by atoms with E-state index in [-0.39, 0.29) is 11.7 Å². The van der Waals surface area contributed by atoms with Crippen molar-refractivity contribution in [1.29, 1.82) is 0 Å². The number of amides is 1. The Morgan fingerprint density at radius 2 is 1.90 bits per heavy atom. The highest BCUT2D eigenvalue weighted by molar-refractivity contribution is 5.96. The highest BCUT2D eigenvalue weighted by atomic mass is 19.1. The molecule has 104 valence electrons. The topological polar surface area (TPSA) is 67.2 Å². The Morgan fingerprint density at radius 1 is 1.20 bits per heavy atom. The number of carbonyl (C=O) groups excluding carboxylic acids is 1. The third-order valence-electron chi connectivity index (χ3n) is 2.94. The lowest BCUT2D eigenvalue weighted by Crippen LogP contribution is -2.18. The number of hydrogen-bond acceptors (Lipinski definition) is 3. The second-order valence-corrected chi connectivity index (χ2v) is 4.36. The number of halogens is 1. The van der Waals surface area contributed by atoms with Crippen LogP contribution in [-0.4, -0.2) is 13.0 Å². The summed E-state index contributed by atoms with van der Waals surface area (Å²) in [5.74, 6) is -0.440. The Balaban J connectivity index is 2.12. The molecule has 5 heteroatoms. The van der Waals surface area contributed by atoms with E-state index in [9.17, 15) is 9.18 Å². The van der Waals surface area contributed by atoms with Gasteiger partial charge in [0.25, 0.3) is 5.91 Å². The molecule has 2 rings (SSSR count). The fraction of sp³-hybridized carbons (Fsp3) is 0.133. The zero-order valence-electron chi connectivity index (χ0n) is 11.1. The van der Waals surface area contributed by atoms with Crippen molar-refractivity contribution in [2.24, 2.45) is 0 Å². The summed E-state index contributed by atoms with van der Waals surface area (Å²) in [7, 11) is 1.57. The van der Waals surface area contributed by atoms with Crippen molar-refractivity contribution >= 4 is 17.3 Å². The predicted molar refractivity (Wildman–Crippen MR) is 78.0 cm³/mol. The van der Waals surface area contributed by atoms with Crippen LogP contribution in [0.2, 0.25) is 0 Å². The normalized spacial score (nSPS) is 10.1. The van der Waals surface area contributed by atoms with Gasteiger partial charge < -0.3 is 16.4 Å². The minimum Gasteiger partial charge on any atom is -0.397 e. The van der Waals surface area contributed by atoms with E-state index in [1.807, 2.05) is 0 Å². The Hall–Kier alpha value is -2.56. The number of carbonyl (C=O) groups is 1. The summed E-state index contributed by atoms with van der Waals surface area (Å²) < 4.78 is 12.8. The van der Waals surface area contributed by atoms with Gasteiger partial charge in [0, 0.05) is 19.2 Å². The first-order valence-corrected chi connectivity index (χ1v) is 6.20. The first-order chi connectivity index (χ1) is 9.60. The molecule has 0 radical (unpaired) electrons. The molecule has 0 aliphatic heterocycles. The number of rotatable bonds is 4. The minimum absolute atomic E-state index is 0.171. The van der Waals surface area contributed by atoms with E-state index < -0.39 is 0 Å². The van der Waals surface area contributed by atoms with Crippen molar-refractivity contribution in [3.8, 4) is 0 Å².